The number of piperidine rings is 2. The molecule has 0 radical (unpaired) electrons. The Morgan fingerprint density at radius 1 is 0.971 bits per heavy atom. The Balaban J connectivity index is 1.14. The van der Waals surface area contributed by atoms with Crippen LogP contribution in [0.15, 0.2) is 35.5 Å². The maximum absolute atomic E-state index is 13.2. The first-order valence-corrected chi connectivity index (χ1v) is 12.6. The molecule has 1 aliphatic carbocycles. The van der Waals surface area contributed by atoms with Crippen molar-refractivity contribution in [2.45, 2.75) is 51.0 Å². The van der Waals surface area contributed by atoms with Crippen molar-refractivity contribution in [3.8, 4) is 0 Å². The van der Waals surface area contributed by atoms with Gasteiger partial charge in [0.1, 0.15) is 17.8 Å². The van der Waals surface area contributed by atoms with Crippen LogP contribution in [0.5, 0.6) is 0 Å². The van der Waals surface area contributed by atoms with Crippen LogP contribution in [-0.2, 0) is 0 Å². The smallest absolute Gasteiger partial charge is 0.327 e. The molecule has 5 heterocycles. The second-order valence-electron chi connectivity index (χ2n) is 10.00. The van der Waals surface area contributed by atoms with Gasteiger partial charge in [0.05, 0.1) is 5.52 Å². The molecule has 3 aliphatic rings. The number of aromatic amines is 1. The number of fused-ring (bicyclic) bond motifs is 2. The zero-order chi connectivity index (χ0) is 23.1. The van der Waals surface area contributed by atoms with Crippen molar-refractivity contribution in [3.05, 3.63) is 46.9 Å². The Bertz CT molecular complexity index is 1240. The van der Waals surface area contributed by atoms with Crippen molar-refractivity contribution in [1.82, 2.24) is 29.4 Å². The average molecular weight is 462 g/mol. The monoisotopic (exact) mass is 461 g/mol. The lowest BCUT2D eigenvalue weighted by Crippen LogP contribution is -2.45. The number of rotatable bonds is 3. The summed E-state index contributed by atoms with van der Waals surface area (Å²) in [5.74, 6) is 2.26. The van der Waals surface area contributed by atoms with Gasteiger partial charge in [-0.05, 0) is 49.7 Å². The van der Waals surface area contributed by atoms with Crippen LogP contribution in [0.4, 0.5) is 5.82 Å². The fraction of sp³-hybridized carbons (Fsp3) is 0.560. The quantitative estimate of drug-likeness (QED) is 0.644. The number of hydrogen-bond acceptors (Lipinski definition) is 6. The molecule has 1 N–H and O–H groups in total. The van der Waals surface area contributed by atoms with Crippen molar-refractivity contribution in [2.75, 3.05) is 31.1 Å². The highest BCUT2D eigenvalue weighted by Gasteiger charge is 2.34. The molecular weight excluding hydrogens is 430 g/mol. The Morgan fingerprint density at radius 3 is 2.65 bits per heavy atom. The lowest BCUT2D eigenvalue weighted by molar-refractivity contribution is 0.0515. The highest BCUT2D eigenvalue weighted by molar-refractivity contribution is 5.93. The predicted molar refractivity (Wildman–Crippen MR) is 129 cm³/mol. The number of aromatic nitrogens is 5. The Labute approximate surface area is 198 Å². The van der Waals surface area contributed by atoms with Crippen molar-refractivity contribution in [3.63, 3.8) is 0 Å². The molecule has 0 aromatic carbocycles. The number of amides is 1. The van der Waals surface area contributed by atoms with Gasteiger partial charge in [-0.25, -0.2) is 19.7 Å². The summed E-state index contributed by atoms with van der Waals surface area (Å²) in [4.78, 5) is 45.9. The van der Waals surface area contributed by atoms with Crippen molar-refractivity contribution in [1.29, 1.82) is 0 Å². The molecule has 0 bridgehead atoms. The second-order valence-corrected chi connectivity index (χ2v) is 10.00. The van der Waals surface area contributed by atoms with Gasteiger partial charge in [-0.2, -0.15) is 0 Å². The van der Waals surface area contributed by atoms with Gasteiger partial charge in [0.15, 0.2) is 5.65 Å². The third-order valence-corrected chi connectivity index (χ3v) is 8.09. The fourth-order valence-corrected chi connectivity index (χ4v) is 6.26. The number of nitrogens with zero attached hydrogens (tertiary/aromatic N) is 6. The van der Waals surface area contributed by atoms with Gasteiger partial charge in [0.25, 0.3) is 5.91 Å². The van der Waals surface area contributed by atoms with E-state index >= 15 is 0 Å². The average Bonchev–Trinajstić information content (AvgIpc) is 3.23. The number of H-pyrrole nitrogens is 1. The minimum atomic E-state index is -0.108. The van der Waals surface area contributed by atoms with E-state index in [-0.39, 0.29) is 17.6 Å². The molecule has 1 saturated carbocycles. The zero-order valence-electron chi connectivity index (χ0n) is 19.4. The highest BCUT2D eigenvalue weighted by atomic mass is 16.2. The Kier molecular flexibility index (Phi) is 5.55. The summed E-state index contributed by atoms with van der Waals surface area (Å²) in [6.07, 6.45) is 11.2. The molecule has 178 valence electrons. The number of anilines is 1. The first kappa shape index (κ1) is 21.3. The van der Waals surface area contributed by atoms with Gasteiger partial charge in [0.2, 0.25) is 0 Å². The normalized spacial score (nSPS) is 23.8. The van der Waals surface area contributed by atoms with E-state index < -0.39 is 0 Å². The number of carbonyl (C=O) groups is 1. The van der Waals surface area contributed by atoms with Gasteiger partial charge in [0, 0.05) is 44.5 Å². The number of likely N-dealkylation sites (tertiary alicyclic amines) is 1. The lowest BCUT2D eigenvalue weighted by atomic mass is 9.75. The predicted octanol–water partition coefficient (Wildman–Crippen LogP) is 3.01. The molecule has 0 spiro atoms. The number of imidazole rings is 1. The van der Waals surface area contributed by atoms with E-state index in [0.29, 0.717) is 17.3 Å². The molecule has 2 atom stereocenters. The maximum Gasteiger partial charge on any atom is 0.327 e. The minimum Gasteiger partial charge on any atom is -0.356 e. The van der Waals surface area contributed by atoms with E-state index in [4.69, 9.17) is 0 Å². The van der Waals surface area contributed by atoms with Crippen LogP contribution in [0.1, 0.15) is 61.5 Å². The molecule has 2 aliphatic heterocycles. The van der Waals surface area contributed by atoms with E-state index in [2.05, 4.69) is 24.8 Å². The lowest BCUT2D eigenvalue weighted by Gasteiger charge is -2.41. The summed E-state index contributed by atoms with van der Waals surface area (Å²) in [6.45, 7) is 3.23. The maximum atomic E-state index is 13.2. The van der Waals surface area contributed by atoms with Crippen LogP contribution in [-0.4, -0.2) is 61.5 Å². The molecule has 34 heavy (non-hydrogen) atoms. The third-order valence-electron chi connectivity index (χ3n) is 8.09. The molecule has 3 aromatic rings. The summed E-state index contributed by atoms with van der Waals surface area (Å²) >= 11 is 0. The summed E-state index contributed by atoms with van der Waals surface area (Å²) < 4.78 is 1.84. The number of hydrogen-bond donors (Lipinski definition) is 1. The molecule has 6 rings (SSSR count). The van der Waals surface area contributed by atoms with Crippen molar-refractivity contribution < 1.29 is 4.79 Å². The SMILES string of the molecule is O=C(c1cc(N2CCC(n3c(=O)[nH]c4ncccc43)CC2)ncn1)N1CC[C@H]2CCCC[C@@H]2C1. The van der Waals surface area contributed by atoms with E-state index in [1.807, 2.05) is 27.7 Å². The van der Waals surface area contributed by atoms with Gasteiger partial charge in [-0.15, -0.1) is 0 Å². The molecule has 9 heteroatoms. The highest BCUT2D eigenvalue weighted by Crippen LogP contribution is 2.36. The topological polar surface area (TPSA) is 100 Å². The molecule has 3 aromatic heterocycles. The van der Waals surface area contributed by atoms with Crippen LogP contribution in [0.25, 0.3) is 11.2 Å². The van der Waals surface area contributed by atoms with Gasteiger partial charge in [-0.1, -0.05) is 19.3 Å². The van der Waals surface area contributed by atoms with Gasteiger partial charge < -0.3 is 9.80 Å². The summed E-state index contributed by atoms with van der Waals surface area (Å²) in [7, 11) is 0. The molecule has 9 nitrogen and oxygen atoms in total. The van der Waals surface area contributed by atoms with Crippen LogP contribution < -0.4 is 10.6 Å². The van der Waals surface area contributed by atoms with E-state index in [1.54, 1.807) is 6.20 Å². The third kappa shape index (κ3) is 3.86. The van der Waals surface area contributed by atoms with Gasteiger partial charge >= 0.3 is 5.69 Å². The molecule has 0 unspecified atom stereocenters. The van der Waals surface area contributed by atoms with Crippen LogP contribution in [0, 0.1) is 11.8 Å². The molecule has 1 amide bonds. The summed E-state index contributed by atoms with van der Waals surface area (Å²) in [5.41, 5.74) is 1.86. The fourth-order valence-electron chi connectivity index (χ4n) is 6.26. The van der Waals surface area contributed by atoms with E-state index in [9.17, 15) is 9.59 Å². The Hall–Kier alpha value is -3.23. The molecule has 2 saturated heterocycles. The number of nitrogens with one attached hydrogen (secondary N) is 1. The largest absolute Gasteiger partial charge is 0.356 e. The molecule has 3 fully saturated rings. The summed E-state index contributed by atoms with van der Waals surface area (Å²) in [6, 6.07) is 5.75. The van der Waals surface area contributed by atoms with Crippen molar-refractivity contribution >= 4 is 22.9 Å². The minimum absolute atomic E-state index is 0.0282. The number of carbonyl (C=O) groups excluding carboxylic acids is 1. The first-order valence-electron chi connectivity index (χ1n) is 12.6. The molecular formula is C25H31N7O2. The van der Waals surface area contributed by atoms with Crippen molar-refractivity contribution in [2.24, 2.45) is 11.8 Å². The standard InChI is InChI=1S/C25H31N7O2/c33-24(31-11-7-17-4-1-2-5-18(17)15-31)20-14-22(28-16-27-20)30-12-8-19(9-13-30)32-21-6-3-10-26-23(21)29-25(32)34/h3,6,10,14,16-19H,1-2,4-5,7-9,11-13,15H2,(H,26,29,34)/t17-,18-/m1/s1. The van der Waals surface area contributed by atoms with Crippen LogP contribution >= 0.6 is 0 Å². The second kappa shape index (κ2) is 8.85. The zero-order valence-corrected chi connectivity index (χ0v) is 19.4. The van der Waals surface area contributed by atoms with E-state index in [1.165, 1.54) is 32.0 Å². The van der Waals surface area contributed by atoms with Crippen LogP contribution in [0.3, 0.4) is 0 Å². The van der Waals surface area contributed by atoms with E-state index in [0.717, 1.165) is 62.7 Å². The first-order chi connectivity index (χ1) is 16.7. The van der Waals surface area contributed by atoms with Crippen LogP contribution in [0.2, 0.25) is 0 Å². The Morgan fingerprint density at radius 2 is 1.79 bits per heavy atom. The van der Waals surface area contributed by atoms with Gasteiger partial charge in [-0.3, -0.25) is 14.3 Å². The summed E-state index contributed by atoms with van der Waals surface area (Å²) in [5, 5.41) is 0. The number of pyridine rings is 1.